The summed E-state index contributed by atoms with van der Waals surface area (Å²) >= 11 is 0. The number of anilines is 3. The Morgan fingerprint density at radius 2 is 0.608 bits per heavy atom. The van der Waals surface area contributed by atoms with Crippen LogP contribution in [0.15, 0.2) is 126 Å². The van der Waals surface area contributed by atoms with Crippen molar-refractivity contribution in [1.29, 1.82) is 0 Å². The van der Waals surface area contributed by atoms with Gasteiger partial charge in [0, 0.05) is 54.3 Å². The first-order chi connectivity index (χ1) is 37.4. The molecule has 3 amide bonds. The van der Waals surface area contributed by atoms with Crippen LogP contribution >= 0.6 is 0 Å². The van der Waals surface area contributed by atoms with E-state index < -0.39 is 168 Å². The van der Waals surface area contributed by atoms with Gasteiger partial charge in [-0.2, -0.15) is 0 Å². The number of nitrogens with one attached hydrogen (secondary N) is 3. The van der Waals surface area contributed by atoms with Crippen LogP contribution in [0.5, 0.6) is 0 Å². The number of esters is 8. The molecule has 4 N–H and O–H groups in total. The number of hydrogen-bond donors (Lipinski definition) is 4. The summed E-state index contributed by atoms with van der Waals surface area (Å²) in [6.45, 7) is 22.7. The Morgan fingerprint density at radius 1 is 0.392 bits per heavy atom. The first-order valence-electron chi connectivity index (χ1n) is 22.7. The Balaban J connectivity index is 3.95. The minimum absolute atomic E-state index is 0.00478. The predicted molar refractivity (Wildman–Crippen MR) is 275 cm³/mol. The first kappa shape index (κ1) is 67.4. The van der Waals surface area contributed by atoms with Gasteiger partial charge >= 0.3 is 66.0 Å². The fourth-order valence-electron chi connectivity index (χ4n) is 5.49. The molecule has 0 saturated carbocycles. The Kier molecular flexibility index (Phi) is 29.7. The minimum Gasteiger partial charge on any atom is -0.462 e. The molecule has 0 spiro atoms. The van der Waals surface area contributed by atoms with E-state index in [4.69, 9.17) is 56.8 Å². The molecule has 0 aliphatic rings. The molecule has 0 saturated heterocycles. The van der Waals surface area contributed by atoms with E-state index in [9.17, 15) is 57.8 Å². The van der Waals surface area contributed by atoms with Gasteiger partial charge in [0.2, 0.25) is 0 Å². The van der Waals surface area contributed by atoms with Gasteiger partial charge in [0.05, 0.1) is 23.4 Å². The summed E-state index contributed by atoms with van der Waals surface area (Å²) in [4.78, 5) is 138. The molecule has 1 aromatic carbocycles. The smallest absolute Gasteiger partial charge is 0.411 e. The molecule has 0 bridgehead atoms. The van der Waals surface area contributed by atoms with Crippen molar-refractivity contribution in [3.63, 3.8) is 0 Å². The van der Waals surface area contributed by atoms with Gasteiger partial charge in [-0.3, -0.25) is 16.0 Å². The van der Waals surface area contributed by atoms with E-state index in [1.807, 2.05) is 0 Å². The number of benzene rings is 1. The number of ether oxygens (including phenoxy) is 12. The molecule has 0 radical (unpaired) electrons. The van der Waals surface area contributed by atoms with Crippen LogP contribution in [0, 0.1) is 23.2 Å². The van der Waals surface area contributed by atoms with E-state index in [0.717, 1.165) is 66.8 Å². The first-order valence-corrected chi connectivity index (χ1v) is 22.7. The molecule has 1 atom stereocenters. The van der Waals surface area contributed by atoms with E-state index in [1.54, 1.807) is 0 Å². The van der Waals surface area contributed by atoms with E-state index in [-0.39, 0.29) is 22.6 Å². The van der Waals surface area contributed by atoms with Crippen molar-refractivity contribution in [2.45, 2.75) is 13.2 Å². The molecule has 1 aromatic rings. The Hall–Kier alpha value is -9.63. The van der Waals surface area contributed by atoms with Crippen LogP contribution < -0.4 is 16.0 Å². The third-order valence-electron chi connectivity index (χ3n) is 9.92. The molecular weight excluding hydrogens is 1050 g/mol. The van der Waals surface area contributed by atoms with E-state index in [2.05, 4.69) is 75.2 Å². The van der Waals surface area contributed by atoms with Gasteiger partial charge in [0.1, 0.15) is 83.5 Å². The largest absolute Gasteiger partial charge is 0.462 e. The number of amides is 3. The van der Waals surface area contributed by atoms with Gasteiger partial charge in [0.15, 0.2) is 6.29 Å². The van der Waals surface area contributed by atoms with Crippen LogP contribution in [0.4, 0.5) is 31.4 Å². The molecule has 27 nitrogen and oxygen atoms in total. The van der Waals surface area contributed by atoms with E-state index in [1.165, 1.54) is 6.92 Å². The molecular formula is C52H61N3O24. The van der Waals surface area contributed by atoms with Crippen molar-refractivity contribution in [2.75, 3.05) is 95.2 Å². The number of carbonyl (C=O) groups is 11. The van der Waals surface area contributed by atoms with Crippen molar-refractivity contribution in [1.82, 2.24) is 0 Å². The molecule has 0 aliphatic heterocycles. The lowest BCUT2D eigenvalue weighted by Gasteiger charge is -2.32. The summed E-state index contributed by atoms with van der Waals surface area (Å²) < 4.78 is 63.1. The maximum atomic E-state index is 13.7. The highest BCUT2D eigenvalue weighted by atomic mass is 16.6. The van der Waals surface area contributed by atoms with Crippen LogP contribution in [-0.2, 0) is 95.2 Å². The molecule has 79 heavy (non-hydrogen) atoms. The Bertz CT molecular complexity index is 2230. The summed E-state index contributed by atoms with van der Waals surface area (Å²) in [5, 5.41) is 17.3. The van der Waals surface area contributed by atoms with Crippen molar-refractivity contribution in [3.8, 4) is 0 Å². The summed E-state index contributed by atoms with van der Waals surface area (Å²) in [6, 6.07) is 2.25. The highest BCUT2D eigenvalue weighted by Crippen LogP contribution is 2.31. The van der Waals surface area contributed by atoms with Gasteiger partial charge in [-0.1, -0.05) is 59.2 Å². The van der Waals surface area contributed by atoms with Gasteiger partial charge in [0.25, 0.3) is 0 Å². The number of carbonyl (C=O) groups excluding carboxylic acids is 11. The Morgan fingerprint density at radius 3 is 0.835 bits per heavy atom. The third-order valence-corrected chi connectivity index (χ3v) is 9.92. The molecule has 27 heteroatoms. The lowest BCUT2D eigenvalue weighted by atomic mass is 9.92. The van der Waals surface area contributed by atoms with Crippen molar-refractivity contribution >= 4 is 83.1 Å². The van der Waals surface area contributed by atoms with E-state index >= 15 is 0 Å². The quantitative estimate of drug-likeness (QED) is 0.0241. The zero-order chi connectivity index (χ0) is 59.6. The van der Waals surface area contributed by atoms with Crippen molar-refractivity contribution in [2.24, 2.45) is 16.2 Å². The maximum absolute atomic E-state index is 13.7. The number of hydrogen-bond acceptors (Lipinski definition) is 24. The van der Waals surface area contributed by atoms with Crippen LogP contribution in [0.25, 0.3) is 0 Å². The topological polar surface area (TPSA) is 355 Å². The van der Waals surface area contributed by atoms with Gasteiger partial charge in [-0.15, -0.1) is 0 Å². The van der Waals surface area contributed by atoms with Crippen LogP contribution in [0.3, 0.4) is 0 Å². The molecule has 0 aromatic heterocycles. The molecule has 0 aliphatic carbocycles. The van der Waals surface area contributed by atoms with Crippen molar-refractivity contribution in [3.05, 3.63) is 132 Å². The van der Waals surface area contributed by atoms with Crippen LogP contribution in [0.1, 0.15) is 5.56 Å². The SMILES string of the molecule is C=CC(=O)OCC(COC(=O)C=C)(COC(=O)C=C)COC(=O)Nc1cc(NC(=O)OCC(COC(=O)C=C)(COC(=O)C=C)COC(O)C=C)cc(NC(=O)OCC(COC(=O)C=C)(COC(=O)C=C)COC(=O)C=C)c1C. The van der Waals surface area contributed by atoms with Gasteiger partial charge in [-0.25, -0.2) is 52.7 Å². The zero-order valence-electron chi connectivity index (χ0n) is 43.1. The van der Waals surface area contributed by atoms with Gasteiger partial charge < -0.3 is 61.9 Å². The summed E-state index contributed by atoms with van der Waals surface area (Å²) in [5.41, 5.74) is -6.10. The highest BCUT2D eigenvalue weighted by molar-refractivity contribution is 5.95. The van der Waals surface area contributed by atoms with Crippen molar-refractivity contribution < 1.29 is 115 Å². The second kappa shape index (κ2) is 34.8. The highest BCUT2D eigenvalue weighted by Gasteiger charge is 2.40. The molecule has 1 rings (SSSR count). The fraction of sp³-hybridized carbons (Fsp3) is 0.327. The molecule has 428 valence electrons. The monoisotopic (exact) mass is 1110 g/mol. The summed E-state index contributed by atoms with van der Waals surface area (Å²) in [7, 11) is 0. The lowest BCUT2D eigenvalue weighted by Crippen LogP contribution is -2.44. The number of aliphatic hydroxyl groups is 1. The third kappa shape index (κ3) is 25.6. The number of aliphatic hydroxyl groups excluding tert-OH is 1. The maximum Gasteiger partial charge on any atom is 0.411 e. The average molecular weight is 1110 g/mol. The predicted octanol–water partition coefficient (Wildman–Crippen LogP) is 3.95. The van der Waals surface area contributed by atoms with Crippen LogP contribution in [-0.4, -0.2) is 157 Å². The zero-order valence-corrected chi connectivity index (χ0v) is 43.1. The lowest BCUT2D eigenvalue weighted by molar-refractivity contribution is -0.164. The van der Waals surface area contributed by atoms with E-state index in [0.29, 0.717) is 0 Å². The summed E-state index contributed by atoms with van der Waals surface area (Å²) in [5.74, 6) is -7.72. The average Bonchev–Trinajstić information content (AvgIpc) is 3.45. The second-order valence-electron chi connectivity index (χ2n) is 16.2. The summed E-state index contributed by atoms with van der Waals surface area (Å²) in [6.07, 6.45) is 1.88. The second-order valence-corrected chi connectivity index (χ2v) is 16.2. The normalized spacial score (nSPS) is 11.0. The fourth-order valence-corrected chi connectivity index (χ4v) is 5.49. The molecule has 0 heterocycles. The molecule has 1 unspecified atom stereocenters. The standard InChI is InChI=1S/C52H61N3O24/c1-11-38(56)68-22-50(23-69-39(57)12-2,24-70-40(58)13-3)31-77-47(65)53-35-20-36(54-48(66)78-32-51(25-71-41(59)14-4,26-72-42(60)15-5)27-73-43(61)16-6)34(10)37(21-35)55-49(67)79-33-52(28-74-44(62)17-7,29-75-45(63)18-8)30-76-46(64)19-9/h11-21,38,56H,1-9,22-33H2,10H3,(H,53,65)(H,54,66)(H,55,67). The molecule has 0 fully saturated rings. The number of rotatable bonds is 37. The van der Waals surface area contributed by atoms with Gasteiger partial charge in [-0.05, 0) is 30.7 Å². The Labute approximate surface area is 453 Å². The minimum atomic E-state index is -1.79. The van der Waals surface area contributed by atoms with Crippen LogP contribution in [0.2, 0.25) is 0 Å².